The lowest BCUT2D eigenvalue weighted by molar-refractivity contribution is 0.210. The Labute approximate surface area is 129 Å². The number of rotatable bonds is 3. The quantitative estimate of drug-likeness (QED) is 0.893. The van der Waals surface area contributed by atoms with Crippen LogP contribution in [0.2, 0.25) is 5.02 Å². The van der Waals surface area contributed by atoms with Crippen LogP contribution in [0.4, 0.5) is 5.69 Å². The summed E-state index contributed by atoms with van der Waals surface area (Å²) >= 11 is 5.98. The highest BCUT2D eigenvalue weighted by Gasteiger charge is 2.21. The molecule has 1 aliphatic rings. The summed E-state index contributed by atoms with van der Waals surface area (Å²) in [5.74, 6) is 1.71. The van der Waals surface area contributed by atoms with Crippen molar-refractivity contribution in [3.05, 3.63) is 53.1 Å². The number of halogens is 1. The molecule has 0 saturated carbocycles. The van der Waals surface area contributed by atoms with Crippen molar-refractivity contribution in [3.63, 3.8) is 0 Å². The maximum absolute atomic E-state index is 6.03. The van der Waals surface area contributed by atoms with E-state index in [1.54, 1.807) is 0 Å². The fourth-order valence-corrected chi connectivity index (χ4v) is 2.53. The van der Waals surface area contributed by atoms with E-state index in [4.69, 9.17) is 21.1 Å². The molecule has 0 amide bonds. The van der Waals surface area contributed by atoms with Crippen LogP contribution in [-0.2, 0) is 0 Å². The molecule has 0 radical (unpaired) electrons. The fourth-order valence-electron chi connectivity index (χ4n) is 2.36. The molecule has 3 rings (SSSR count). The summed E-state index contributed by atoms with van der Waals surface area (Å²) in [4.78, 5) is 0. The minimum atomic E-state index is -0.00762. The van der Waals surface area contributed by atoms with E-state index in [2.05, 4.69) is 5.32 Å². The molecular weight excluding hydrogens is 286 g/mol. The van der Waals surface area contributed by atoms with E-state index in [-0.39, 0.29) is 12.2 Å². The van der Waals surface area contributed by atoms with Crippen LogP contribution in [0, 0.1) is 0 Å². The van der Waals surface area contributed by atoms with Gasteiger partial charge in [-0.15, -0.1) is 0 Å². The highest BCUT2D eigenvalue weighted by atomic mass is 35.5. The van der Waals surface area contributed by atoms with Gasteiger partial charge in [-0.1, -0.05) is 23.7 Å². The van der Waals surface area contributed by atoms with Gasteiger partial charge in [0, 0.05) is 5.02 Å². The monoisotopic (exact) mass is 303 g/mol. The van der Waals surface area contributed by atoms with Gasteiger partial charge in [-0.25, -0.2) is 0 Å². The van der Waals surface area contributed by atoms with Crippen LogP contribution in [0.25, 0.3) is 0 Å². The first-order valence-electron chi connectivity index (χ1n) is 7.08. The zero-order valence-corrected chi connectivity index (χ0v) is 12.9. The van der Waals surface area contributed by atoms with Crippen LogP contribution in [0.1, 0.15) is 25.5 Å². The zero-order valence-electron chi connectivity index (χ0n) is 12.1. The molecular formula is C17H18ClNO2. The van der Waals surface area contributed by atoms with Crippen LogP contribution < -0.4 is 14.8 Å². The minimum Gasteiger partial charge on any atom is -0.491 e. The molecule has 1 unspecified atom stereocenters. The van der Waals surface area contributed by atoms with Crippen molar-refractivity contribution in [1.82, 2.24) is 0 Å². The molecule has 1 atom stereocenters. The van der Waals surface area contributed by atoms with E-state index >= 15 is 0 Å². The molecule has 1 heterocycles. The normalized spacial score (nSPS) is 16.9. The average molecular weight is 304 g/mol. The van der Waals surface area contributed by atoms with Crippen LogP contribution in [0.5, 0.6) is 11.5 Å². The van der Waals surface area contributed by atoms with Crippen molar-refractivity contribution < 1.29 is 9.47 Å². The van der Waals surface area contributed by atoms with Gasteiger partial charge in [-0.05, 0) is 49.7 Å². The van der Waals surface area contributed by atoms with Gasteiger partial charge >= 0.3 is 0 Å². The van der Waals surface area contributed by atoms with E-state index in [1.165, 1.54) is 0 Å². The van der Waals surface area contributed by atoms with Gasteiger partial charge in [0.2, 0.25) is 0 Å². The molecule has 0 aliphatic carbocycles. The molecule has 3 nitrogen and oxygen atoms in total. The molecule has 1 aliphatic heterocycles. The Morgan fingerprint density at radius 2 is 1.95 bits per heavy atom. The van der Waals surface area contributed by atoms with Crippen LogP contribution in [0.15, 0.2) is 42.5 Å². The highest BCUT2D eigenvalue weighted by molar-refractivity contribution is 6.30. The van der Waals surface area contributed by atoms with Crippen molar-refractivity contribution in [2.24, 2.45) is 0 Å². The lowest BCUT2D eigenvalue weighted by atomic mass is 10.1. The summed E-state index contributed by atoms with van der Waals surface area (Å²) in [5, 5.41) is 4.07. The largest absolute Gasteiger partial charge is 0.491 e. The van der Waals surface area contributed by atoms with Gasteiger partial charge in [0.05, 0.1) is 18.3 Å². The Bertz CT molecular complexity index is 625. The minimum absolute atomic E-state index is 0.00762. The smallest absolute Gasteiger partial charge is 0.143 e. The Hall–Kier alpha value is -1.87. The van der Waals surface area contributed by atoms with E-state index in [1.807, 2.05) is 56.3 Å². The van der Waals surface area contributed by atoms with Gasteiger partial charge in [0.15, 0.2) is 0 Å². The van der Waals surface area contributed by atoms with Gasteiger partial charge in [-0.2, -0.15) is 0 Å². The van der Waals surface area contributed by atoms with Crippen molar-refractivity contribution >= 4 is 17.3 Å². The summed E-state index contributed by atoms with van der Waals surface area (Å²) in [7, 11) is 0. The van der Waals surface area contributed by atoms with Crippen molar-refractivity contribution in [1.29, 1.82) is 0 Å². The van der Waals surface area contributed by atoms with Gasteiger partial charge in [0.1, 0.15) is 17.6 Å². The van der Waals surface area contributed by atoms with Crippen molar-refractivity contribution in [2.75, 3.05) is 11.9 Å². The maximum atomic E-state index is 6.03. The molecule has 0 spiro atoms. The highest BCUT2D eigenvalue weighted by Crippen LogP contribution is 2.36. The maximum Gasteiger partial charge on any atom is 0.143 e. The third-order valence-corrected chi connectivity index (χ3v) is 3.55. The molecule has 2 aromatic rings. The standard InChI is InChI=1S/C17H18ClNO2/c1-11(2)20-14-6-3-12(4-7-14)17-10-19-15-9-13(18)5-8-16(15)21-17/h3-9,11,17,19H,10H2,1-2H3. The van der Waals surface area contributed by atoms with Crippen LogP contribution >= 0.6 is 11.6 Å². The van der Waals surface area contributed by atoms with E-state index < -0.39 is 0 Å². The summed E-state index contributed by atoms with van der Waals surface area (Å²) in [6.45, 7) is 4.76. The third kappa shape index (κ3) is 3.24. The van der Waals surface area contributed by atoms with E-state index in [0.29, 0.717) is 5.02 Å². The second kappa shape index (κ2) is 5.86. The number of hydrogen-bond acceptors (Lipinski definition) is 3. The first-order valence-corrected chi connectivity index (χ1v) is 7.46. The number of benzene rings is 2. The van der Waals surface area contributed by atoms with E-state index in [9.17, 15) is 0 Å². The van der Waals surface area contributed by atoms with Crippen LogP contribution in [0.3, 0.4) is 0 Å². The summed E-state index contributed by atoms with van der Waals surface area (Å²) in [6.07, 6.45) is 0.173. The van der Waals surface area contributed by atoms with Crippen molar-refractivity contribution in [2.45, 2.75) is 26.1 Å². The molecule has 21 heavy (non-hydrogen) atoms. The van der Waals surface area contributed by atoms with Gasteiger partial charge in [0.25, 0.3) is 0 Å². The molecule has 0 saturated heterocycles. The fraction of sp³-hybridized carbons (Fsp3) is 0.294. The molecule has 4 heteroatoms. The second-order valence-electron chi connectivity index (χ2n) is 5.36. The number of ether oxygens (including phenoxy) is 2. The Kier molecular flexibility index (Phi) is 3.93. The van der Waals surface area contributed by atoms with Crippen LogP contribution in [-0.4, -0.2) is 12.6 Å². The molecule has 0 aromatic heterocycles. The Morgan fingerprint density at radius 3 is 2.67 bits per heavy atom. The number of anilines is 1. The molecule has 1 N–H and O–H groups in total. The Morgan fingerprint density at radius 1 is 1.19 bits per heavy atom. The summed E-state index contributed by atoms with van der Waals surface area (Å²) < 4.78 is 11.7. The molecule has 2 aromatic carbocycles. The van der Waals surface area contributed by atoms with Gasteiger partial charge < -0.3 is 14.8 Å². The van der Waals surface area contributed by atoms with Crippen molar-refractivity contribution in [3.8, 4) is 11.5 Å². The van der Waals surface area contributed by atoms with Gasteiger partial charge in [-0.3, -0.25) is 0 Å². The topological polar surface area (TPSA) is 30.5 Å². The number of fused-ring (bicyclic) bond motifs is 1. The second-order valence-corrected chi connectivity index (χ2v) is 5.80. The predicted octanol–water partition coefficient (Wildman–Crippen LogP) is 4.67. The first kappa shape index (κ1) is 14.1. The Balaban J connectivity index is 1.75. The first-order chi connectivity index (χ1) is 10.1. The predicted molar refractivity (Wildman–Crippen MR) is 85.5 cm³/mol. The summed E-state index contributed by atoms with van der Waals surface area (Å²) in [5.41, 5.74) is 2.07. The lowest BCUT2D eigenvalue weighted by Crippen LogP contribution is -2.23. The molecule has 0 bridgehead atoms. The average Bonchev–Trinajstić information content (AvgIpc) is 2.47. The molecule has 0 fully saturated rings. The lowest BCUT2D eigenvalue weighted by Gasteiger charge is -2.28. The number of hydrogen-bond donors (Lipinski definition) is 1. The number of nitrogens with one attached hydrogen (secondary N) is 1. The summed E-state index contributed by atoms with van der Waals surface area (Å²) in [6, 6.07) is 13.7. The van der Waals surface area contributed by atoms with E-state index in [0.717, 1.165) is 29.3 Å². The third-order valence-electron chi connectivity index (χ3n) is 3.31. The SMILES string of the molecule is CC(C)Oc1ccc(C2CNc3cc(Cl)ccc3O2)cc1. The molecule has 110 valence electrons. The zero-order chi connectivity index (χ0) is 14.8.